The number of carbonyl (C=O) groups is 1. The Hall–Kier alpha value is -0.210. The SMILES string of the molecule is CCCC/C(Cl)=C1/C(=O)OCC1CCl. The van der Waals surface area contributed by atoms with E-state index in [0.717, 1.165) is 19.3 Å². The van der Waals surface area contributed by atoms with Gasteiger partial charge in [0, 0.05) is 16.8 Å². The molecule has 1 heterocycles. The molecule has 1 atom stereocenters. The van der Waals surface area contributed by atoms with E-state index in [0.29, 0.717) is 23.1 Å². The molecule has 80 valence electrons. The van der Waals surface area contributed by atoms with Crippen LogP contribution in [0.3, 0.4) is 0 Å². The van der Waals surface area contributed by atoms with Gasteiger partial charge in [-0.1, -0.05) is 24.9 Å². The highest BCUT2D eigenvalue weighted by Crippen LogP contribution is 2.29. The van der Waals surface area contributed by atoms with Crippen LogP contribution in [0.1, 0.15) is 26.2 Å². The lowest BCUT2D eigenvalue weighted by atomic mass is 10.0. The molecule has 0 radical (unpaired) electrons. The molecular weight excluding hydrogens is 223 g/mol. The lowest BCUT2D eigenvalue weighted by Crippen LogP contribution is -2.07. The first-order valence-corrected chi connectivity index (χ1v) is 5.73. The number of allylic oxidation sites excluding steroid dienone is 1. The van der Waals surface area contributed by atoms with Gasteiger partial charge in [-0.2, -0.15) is 0 Å². The molecule has 1 unspecified atom stereocenters. The highest BCUT2D eigenvalue weighted by atomic mass is 35.5. The Labute approximate surface area is 94.2 Å². The van der Waals surface area contributed by atoms with Gasteiger partial charge in [0.15, 0.2) is 0 Å². The van der Waals surface area contributed by atoms with Crippen LogP contribution in [0.25, 0.3) is 0 Å². The summed E-state index contributed by atoms with van der Waals surface area (Å²) in [6.45, 7) is 2.46. The molecule has 0 spiro atoms. The fraction of sp³-hybridized carbons (Fsp3) is 0.700. The van der Waals surface area contributed by atoms with Crippen molar-refractivity contribution in [3.05, 3.63) is 10.6 Å². The third-order valence-electron chi connectivity index (χ3n) is 2.27. The lowest BCUT2D eigenvalue weighted by Gasteiger charge is -2.05. The minimum atomic E-state index is -0.295. The van der Waals surface area contributed by atoms with E-state index in [1.165, 1.54) is 0 Å². The Bertz CT molecular complexity index is 249. The summed E-state index contributed by atoms with van der Waals surface area (Å²) in [5, 5.41) is 0.625. The van der Waals surface area contributed by atoms with E-state index in [1.807, 2.05) is 0 Å². The molecule has 0 aromatic carbocycles. The van der Waals surface area contributed by atoms with Crippen LogP contribution in [0.5, 0.6) is 0 Å². The molecule has 4 heteroatoms. The van der Waals surface area contributed by atoms with Gasteiger partial charge in [0.1, 0.15) is 0 Å². The Kier molecular flexibility index (Phi) is 4.76. The van der Waals surface area contributed by atoms with Crippen molar-refractivity contribution in [1.29, 1.82) is 0 Å². The third kappa shape index (κ3) is 2.64. The standard InChI is InChI=1S/C10H14Cl2O2/c1-2-3-4-8(12)9-7(5-11)6-14-10(9)13/h7H,2-6H2,1H3/b9-8-. The first-order valence-electron chi connectivity index (χ1n) is 4.82. The van der Waals surface area contributed by atoms with Crippen molar-refractivity contribution in [2.45, 2.75) is 26.2 Å². The molecule has 1 saturated heterocycles. The van der Waals surface area contributed by atoms with Gasteiger partial charge in [-0.25, -0.2) is 4.79 Å². The number of alkyl halides is 1. The summed E-state index contributed by atoms with van der Waals surface area (Å²) in [6, 6.07) is 0. The van der Waals surface area contributed by atoms with Crippen LogP contribution in [0.2, 0.25) is 0 Å². The lowest BCUT2D eigenvalue weighted by molar-refractivity contribution is -0.135. The van der Waals surface area contributed by atoms with Crippen molar-refractivity contribution >= 4 is 29.2 Å². The number of carbonyl (C=O) groups excluding carboxylic acids is 1. The van der Waals surface area contributed by atoms with Crippen molar-refractivity contribution < 1.29 is 9.53 Å². The van der Waals surface area contributed by atoms with Crippen LogP contribution in [-0.4, -0.2) is 18.5 Å². The molecule has 1 aliphatic heterocycles. The molecular formula is C10H14Cl2O2. The van der Waals surface area contributed by atoms with Crippen LogP contribution in [-0.2, 0) is 9.53 Å². The second kappa shape index (κ2) is 5.62. The first kappa shape index (κ1) is 11.9. The Morgan fingerprint density at radius 3 is 2.93 bits per heavy atom. The number of hydrogen-bond donors (Lipinski definition) is 0. The molecule has 1 aliphatic rings. The fourth-order valence-corrected chi connectivity index (χ4v) is 2.03. The van der Waals surface area contributed by atoms with E-state index < -0.39 is 0 Å². The smallest absolute Gasteiger partial charge is 0.335 e. The maximum atomic E-state index is 11.3. The zero-order chi connectivity index (χ0) is 10.6. The molecule has 0 aromatic rings. The van der Waals surface area contributed by atoms with E-state index >= 15 is 0 Å². The minimum absolute atomic E-state index is 0.0199. The molecule has 0 aliphatic carbocycles. The predicted octanol–water partition coefficient (Wildman–Crippen LogP) is 3.08. The van der Waals surface area contributed by atoms with Gasteiger partial charge in [-0.3, -0.25) is 0 Å². The van der Waals surface area contributed by atoms with Gasteiger partial charge in [0.2, 0.25) is 0 Å². The summed E-state index contributed by atoms with van der Waals surface area (Å²) in [7, 11) is 0. The normalized spacial score (nSPS) is 25.1. The van der Waals surface area contributed by atoms with E-state index in [2.05, 4.69) is 6.92 Å². The molecule has 0 aromatic heterocycles. The number of unbranched alkanes of at least 4 members (excludes halogenated alkanes) is 1. The molecule has 0 N–H and O–H groups in total. The Morgan fingerprint density at radius 2 is 2.36 bits per heavy atom. The minimum Gasteiger partial charge on any atom is -0.462 e. The van der Waals surface area contributed by atoms with Gasteiger partial charge in [-0.15, -0.1) is 11.6 Å². The summed E-state index contributed by atoms with van der Waals surface area (Å²) in [5.74, 6) is 0.0777. The second-order valence-corrected chi connectivity index (χ2v) is 4.14. The number of cyclic esters (lactones) is 1. The number of ether oxygens (including phenoxy) is 1. The van der Waals surface area contributed by atoms with Crippen molar-refractivity contribution in [3.63, 3.8) is 0 Å². The highest BCUT2D eigenvalue weighted by molar-refractivity contribution is 6.32. The van der Waals surface area contributed by atoms with Crippen molar-refractivity contribution in [2.24, 2.45) is 5.92 Å². The summed E-state index contributed by atoms with van der Waals surface area (Å²) >= 11 is 11.8. The topological polar surface area (TPSA) is 26.3 Å². The molecule has 14 heavy (non-hydrogen) atoms. The second-order valence-electron chi connectivity index (χ2n) is 3.37. The summed E-state index contributed by atoms with van der Waals surface area (Å²) in [5.41, 5.74) is 0.593. The van der Waals surface area contributed by atoms with Crippen LogP contribution >= 0.6 is 23.2 Å². The Morgan fingerprint density at radius 1 is 1.64 bits per heavy atom. The van der Waals surface area contributed by atoms with Gasteiger partial charge < -0.3 is 4.74 Å². The molecule has 0 amide bonds. The van der Waals surface area contributed by atoms with Crippen LogP contribution < -0.4 is 0 Å². The highest BCUT2D eigenvalue weighted by Gasteiger charge is 2.32. The molecule has 2 nitrogen and oxygen atoms in total. The van der Waals surface area contributed by atoms with Crippen molar-refractivity contribution in [3.8, 4) is 0 Å². The number of rotatable bonds is 4. The zero-order valence-corrected chi connectivity index (χ0v) is 9.70. The zero-order valence-electron chi connectivity index (χ0n) is 8.19. The van der Waals surface area contributed by atoms with Gasteiger partial charge in [-0.05, 0) is 12.8 Å². The molecule has 1 fully saturated rings. The van der Waals surface area contributed by atoms with E-state index in [9.17, 15) is 4.79 Å². The van der Waals surface area contributed by atoms with Crippen molar-refractivity contribution in [1.82, 2.24) is 0 Å². The Balaban J connectivity index is 2.74. The average Bonchev–Trinajstić information content (AvgIpc) is 2.56. The van der Waals surface area contributed by atoms with Gasteiger partial charge in [0.25, 0.3) is 0 Å². The quantitative estimate of drug-likeness (QED) is 0.426. The largest absolute Gasteiger partial charge is 0.462 e. The van der Waals surface area contributed by atoms with E-state index in [4.69, 9.17) is 27.9 Å². The van der Waals surface area contributed by atoms with Crippen LogP contribution in [0, 0.1) is 5.92 Å². The number of halogens is 2. The third-order valence-corrected chi connectivity index (χ3v) is 3.04. The number of esters is 1. The van der Waals surface area contributed by atoms with Crippen molar-refractivity contribution in [2.75, 3.05) is 12.5 Å². The molecule has 0 saturated carbocycles. The van der Waals surface area contributed by atoms with Gasteiger partial charge in [0.05, 0.1) is 12.2 Å². The van der Waals surface area contributed by atoms with Gasteiger partial charge >= 0.3 is 5.97 Å². The average molecular weight is 237 g/mol. The maximum Gasteiger partial charge on any atom is 0.335 e. The predicted molar refractivity (Wildman–Crippen MR) is 57.6 cm³/mol. The fourth-order valence-electron chi connectivity index (χ4n) is 1.42. The summed E-state index contributed by atoms with van der Waals surface area (Å²) < 4.78 is 4.90. The molecule has 0 bridgehead atoms. The summed E-state index contributed by atoms with van der Waals surface area (Å²) in [4.78, 5) is 11.3. The van der Waals surface area contributed by atoms with E-state index in [1.54, 1.807) is 0 Å². The molecule has 1 rings (SSSR count). The maximum absolute atomic E-state index is 11.3. The first-order chi connectivity index (χ1) is 6.70. The summed E-state index contributed by atoms with van der Waals surface area (Å²) in [6.07, 6.45) is 2.80. The van der Waals surface area contributed by atoms with Crippen LogP contribution in [0.15, 0.2) is 10.6 Å². The number of hydrogen-bond acceptors (Lipinski definition) is 2. The van der Waals surface area contributed by atoms with E-state index in [-0.39, 0.29) is 11.9 Å². The monoisotopic (exact) mass is 236 g/mol. The van der Waals surface area contributed by atoms with Crippen LogP contribution in [0.4, 0.5) is 0 Å².